The van der Waals surface area contributed by atoms with Crippen molar-refractivity contribution < 1.29 is 23.1 Å². The maximum Gasteiger partial charge on any atom is 0.408 e. The molecule has 0 heterocycles. The van der Waals surface area contributed by atoms with Gasteiger partial charge in [-0.1, -0.05) is 19.9 Å². The molecule has 204 valence electrons. The molecule has 0 aromatic heterocycles. The van der Waals surface area contributed by atoms with Crippen molar-refractivity contribution in [2.45, 2.75) is 104 Å². The van der Waals surface area contributed by atoms with E-state index < -0.39 is 39.1 Å². The lowest BCUT2D eigenvalue weighted by Gasteiger charge is -2.49. The molecule has 4 aliphatic carbocycles. The molecule has 3 atom stereocenters. The monoisotopic (exact) mass is 531 g/mol. The fourth-order valence-electron chi connectivity index (χ4n) is 8.24. The van der Waals surface area contributed by atoms with E-state index in [1.54, 1.807) is 0 Å². The number of carbonyl (C=O) groups is 2. The summed E-state index contributed by atoms with van der Waals surface area (Å²) in [6.45, 7) is 9.69. The Labute approximate surface area is 220 Å². The van der Waals surface area contributed by atoms with E-state index in [2.05, 4.69) is 30.0 Å². The zero-order chi connectivity index (χ0) is 27.0. The van der Waals surface area contributed by atoms with Crippen LogP contribution in [0.3, 0.4) is 0 Å². The standard InChI is InChI=1S/C28H41N3O5S/c1-26(2,3)31(25(33)34)22-15-19-12-13-28(22,27(19,4)5)16-37(35,36)30-24(32)29-23-20-10-6-8-17(20)14-18-9-7-11-21(18)23/h14,19,22H,6-13,15-16H2,1-5H3,(H,33,34)(H2,29,30,32)/t19?,22?,28-/m1/s1. The molecule has 1 aromatic rings. The minimum atomic E-state index is -4.05. The molecule has 8 nitrogen and oxygen atoms in total. The summed E-state index contributed by atoms with van der Waals surface area (Å²) in [6, 6.07) is 1.11. The summed E-state index contributed by atoms with van der Waals surface area (Å²) in [4.78, 5) is 27.0. The zero-order valence-electron chi connectivity index (χ0n) is 22.7. The fourth-order valence-corrected chi connectivity index (χ4v) is 10.0. The van der Waals surface area contributed by atoms with E-state index in [0.717, 1.165) is 61.8 Å². The SMILES string of the molecule is CC(C)(C)N(C(=O)O)C1CC2CC[C@]1(CS(=O)(=O)NC(=O)Nc1c3c(cc4c1CCC4)CCC3)C2(C)C. The number of nitrogens with one attached hydrogen (secondary N) is 2. The van der Waals surface area contributed by atoms with Crippen LogP contribution >= 0.6 is 0 Å². The third-order valence-corrected chi connectivity index (χ3v) is 11.4. The first-order valence-corrected chi connectivity index (χ1v) is 15.3. The first-order valence-electron chi connectivity index (χ1n) is 13.7. The van der Waals surface area contributed by atoms with Crippen LogP contribution in [0.4, 0.5) is 15.3 Å². The van der Waals surface area contributed by atoms with Crippen molar-refractivity contribution in [3.63, 3.8) is 0 Å². The largest absolute Gasteiger partial charge is 0.465 e. The number of hydrogen-bond acceptors (Lipinski definition) is 4. The molecule has 1 aromatic carbocycles. The van der Waals surface area contributed by atoms with Crippen molar-refractivity contribution in [2.75, 3.05) is 11.1 Å². The van der Waals surface area contributed by atoms with E-state index in [4.69, 9.17) is 0 Å². The van der Waals surface area contributed by atoms with Gasteiger partial charge in [0.05, 0.1) is 5.75 Å². The van der Waals surface area contributed by atoms with Crippen molar-refractivity contribution >= 4 is 27.8 Å². The van der Waals surface area contributed by atoms with Gasteiger partial charge >= 0.3 is 12.1 Å². The minimum absolute atomic E-state index is 0.236. The zero-order valence-corrected chi connectivity index (χ0v) is 23.6. The Morgan fingerprint density at radius 1 is 1.08 bits per heavy atom. The Hall–Kier alpha value is -2.29. The number of sulfonamides is 1. The number of amides is 3. The predicted octanol–water partition coefficient (Wildman–Crippen LogP) is 5.09. The van der Waals surface area contributed by atoms with Gasteiger partial charge in [0.25, 0.3) is 0 Å². The number of benzene rings is 1. The maximum atomic E-state index is 13.6. The second-order valence-electron chi connectivity index (χ2n) is 13.2. The van der Waals surface area contributed by atoms with Crippen molar-refractivity contribution in [1.82, 2.24) is 9.62 Å². The molecule has 0 saturated heterocycles. The summed E-state index contributed by atoms with van der Waals surface area (Å²) in [7, 11) is -4.05. The van der Waals surface area contributed by atoms with E-state index in [-0.39, 0.29) is 17.1 Å². The van der Waals surface area contributed by atoms with E-state index >= 15 is 0 Å². The topological polar surface area (TPSA) is 116 Å². The lowest BCUT2D eigenvalue weighted by molar-refractivity contribution is 0.00365. The maximum absolute atomic E-state index is 13.6. The molecule has 2 unspecified atom stereocenters. The van der Waals surface area contributed by atoms with Gasteiger partial charge in [-0.3, -0.25) is 4.90 Å². The van der Waals surface area contributed by atoms with Gasteiger partial charge in [-0.25, -0.2) is 22.7 Å². The molecule has 3 N–H and O–H groups in total. The van der Waals surface area contributed by atoms with Crippen LogP contribution in [0.25, 0.3) is 0 Å². The number of aryl methyl sites for hydroxylation is 2. The molecular weight excluding hydrogens is 490 g/mol. The van der Waals surface area contributed by atoms with Gasteiger partial charge in [-0.2, -0.15) is 0 Å². The Balaban J connectivity index is 1.41. The third-order valence-electron chi connectivity index (χ3n) is 10.0. The van der Waals surface area contributed by atoms with Gasteiger partial charge in [0.2, 0.25) is 10.0 Å². The first kappa shape index (κ1) is 26.3. The lowest BCUT2D eigenvalue weighted by atomic mass is 9.68. The highest BCUT2D eigenvalue weighted by molar-refractivity contribution is 7.90. The minimum Gasteiger partial charge on any atom is -0.465 e. The molecule has 4 aliphatic rings. The average Bonchev–Trinajstić information content (AvgIpc) is 3.49. The van der Waals surface area contributed by atoms with Crippen molar-refractivity contribution in [3.05, 3.63) is 28.3 Å². The highest BCUT2D eigenvalue weighted by atomic mass is 32.2. The van der Waals surface area contributed by atoms with Gasteiger partial charge in [-0.05, 0) is 112 Å². The number of nitrogens with zero attached hydrogens (tertiary/aromatic N) is 1. The Morgan fingerprint density at radius 3 is 2.19 bits per heavy atom. The summed E-state index contributed by atoms with van der Waals surface area (Å²) >= 11 is 0. The number of urea groups is 1. The summed E-state index contributed by atoms with van der Waals surface area (Å²) in [5.41, 5.74) is 3.80. The van der Waals surface area contributed by atoms with Crippen LogP contribution in [0, 0.1) is 16.7 Å². The normalized spacial score (nSPS) is 27.6. The van der Waals surface area contributed by atoms with Crippen LogP contribution in [0.2, 0.25) is 0 Å². The van der Waals surface area contributed by atoms with Crippen LogP contribution in [0.5, 0.6) is 0 Å². The summed E-state index contributed by atoms with van der Waals surface area (Å²) in [5.74, 6) is -0.0351. The average molecular weight is 532 g/mol. The molecular formula is C28H41N3O5S. The number of carbonyl (C=O) groups excluding carboxylic acids is 1. The smallest absolute Gasteiger partial charge is 0.408 e. The van der Waals surface area contributed by atoms with Crippen molar-refractivity contribution in [2.24, 2.45) is 16.7 Å². The number of anilines is 1. The molecule has 0 radical (unpaired) electrons. The molecule has 0 spiro atoms. The van der Waals surface area contributed by atoms with E-state index in [9.17, 15) is 23.1 Å². The van der Waals surface area contributed by atoms with Crippen LogP contribution in [-0.2, 0) is 35.7 Å². The summed E-state index contributed by atoms with van der Waals surface area (Å²) in [5, 5.41) is 13.1. The van der Waals surface area contributed by atoms with Crippen LogP contribution in [0.15, 0.2) is 6.07 Å². The molecule has 5 rings (SSSR count). The van der Waals surface area contributed by atoms with Crippen LogP contribution < -0.4 is 10.0 Å². The quantitative estimate of drug-likeness (QED) is 0.490. The molecule has 2 saturated carbocycles. The van der Waals surface area contributed by atoms with Crippen molar-refractivity contribution in [1.29, 1.82) is 0 Å². The summed E-state index contributed by atoms with van der Waals surface area (Å²) in [6.07, 6.45) is 6.95. The number of rotatable bonds is 5. The van der Waals surface area contributed by atoms with E-state index in [0.29, 0.717) is 12.8 Å². The second-order valence-corrected chi connectivity index (χ2v) is 15.0. The van der Waals surface area contributed by atoms with Gasteiger partial charge in [0.15, 0.2) is 0 Å². The Morgan fingerprint density at radius 2 is 1.68 bits per heavy atom. The highest BCUT2D eigenvalue weighted by Crippen LogP contribution is 2.67. The van der Waals surface area contributed by atoms with Crippen LogP contribution in [-0.4, -0.2) is 47.9 Å². The van der Waals surface area contributed by atoms with Crippen LogP contribution in [0.1, 0.15) is 89.0 Å². The number of fused-ring (bicyclic) bond motifs is 4. The number of hydrogen-bond donors (Lipinski definition) is 3. The molecule has 0 aliphatic heterocycles. The lowest BCUT2D eigenvalue weighted by Crippen LogP contribution is -2.60. The Bertz CT molecular complexity index is 1220. The van der Waals surface area contributed by atoms with Gasteiger partial charge < -0.3 is 10.4 Å². The van der Waals surface area contributed by atoms with E-state index in [1.165, 1.54) is 16.0 Å². The third kappa shape index (κ3) is 4.21. The Kier molecular flexibility index (Phi) is 6.13. The molecule has 3 amide bonds. The predicted molar refractivity (Wildman–Crippen MR) is 143 cm³/mol. The van der Waals surface area contributed by atoms with Gasteiger partial charge in [0.1, 0.15) is 0 Å². The second kappa shape index (κ2) is 8.61. The van der Waals surface area contributed by atoms with Gasteiger partial charge in [-0.15, -0.1) is 0 Å². The highest BCUT2D eigenvalue weighted by Gasteiger charge is 2.68. The van der Waals surface area contributed by atoms with Gasteiger partial charge in [0, 0.05) is 22.7 Å². The molecule has 2 bridgehead atoms. The van der Waals surface area contributed by atoms with Crippen molar-refractivity contribution in [3.8, 4) is 0 Å². The number of carboxylic acid groups (broad SMARTS) is 1. The molecule has 9 heteroatoms. The fraction of sp³-hybridized carbons (Fsp3) is 0.714. The summed E-state index contributed by atoms with van der Waals surface area (Å²) < 4.78 is 29.5. The molecule has 37 heavy (non-hydrogen) atoms. The van der Waals surface area contributed by atoms with E-state index in [1.807, 2.05) is 20.8 Å². The first-order chi connectivity index (χ1) is 17.2. The molecule has 2 fully saturated rings.